The number of nitrogens with one attached hydrogen (secondary N) is 1. The maximum Gasteiger partial charge on any atom is 0.258 e. The average molecular weight is 516 g/mol. The minimum Gasteiger partial charge on any atom is -0.369 e. The van der Waals surface area contributed by atoms with E-state index in [0.29, 0.717) is 40.3 Å². The molecule has 0 aliphatic carbocycles. The highest BCUT2D eigenvalue weighted by Crippen LogP contribution is 2.27. The lowest BCUT2D eigenvalue weighted by atomic mass is 9.93. The number of carbonyl (C=O) groups excluding carboxylic acids is 1. The number of anilines is 2. The van der Waals surface area contributed by atoms with Crippen LogP contribution >= 0.6 is 0 Å². The normalized spacial score (nSPS) is 15.9. The summed E-state index contributed by atoms with van der Waals surface area (Å²) in [6.07, 6.45) is 8.16. The molecule has 1 saturated heterocycles. The van der Waals surface area contributed by atoms with Crippen LogP contribution in [0.15, 0.2) is 47.5 Å². The molecule has 4 aromatic rings. The molecule has 1 fully saturated rings. The third-order valence-corrected chi connectivity index (χ3v) is 6.83. The second-order valence-electron chi connectivity index (χ2n) is 10.9. The van der Waals surface area contributed by atoms with Crippen LogP contribution in [0.3, 0.4) is 0 Å². The number of aromatic nitrogens is 6. The minimum absolute atomic E-state index is 0.211. The van der Waals surface area contributed by atoms with E-state index in [2.05, 4.69) is 60.7 Å². The number of hydrogen-bond acceptors (Lipinski definition) is 9. The van der Waals surface area contributed by atoms with Crippen LogP contribution in [0, 0.1) is 6.92 Å². The van der Waals surface area contributed by atoms with Gasteiger partial charge in [0.25, 0.3) is 5.91 Å². The highest BCUT2D eigenvalue weighted by molar-refractivity contribution is 6.03. The Labute approximate surface area is 221 Å². The van der Waals surface area contributed by atoms with E-state index in [1.807, 2.05) is 40.1 Å². The average Bonchev–Trinajstić information content (AvgIpc) is 3.65. The summed E-state index contributed by atoms with van der Waals surface area (Å²) < 4.78 is 7.00. The molecular formula is C27H33N9O2. The molecule has 1 N–H and O–H groups in total. The number of carbonyl (C=O) groups is 1. The fourth-order valence-corrected chi connectivity index (χ4v) is 4.41. The van der Waals surface area contributed by atoms with Crippen molar-refractivity contribution < 1.29 is 9.32 Å². The summed E-state index contributed by atoms with van der Waals surface area (Å²) in [5, 5.41) is 15.4. The number of rotatable bonds is 6. The van der Waals surface area contributed by atoms with Crippen LogP contribution in [-0.4, -0.2) is 74.2 Å². The van der Waals surface area contributed by atoms with Gasteiger partial charge in [-0.2, -0.15) is 0 Å². The topological polar surface area (TPSA) is 118 Å². The number of pyridine rings is 2. The Morgan fingerprint density at radius 1 is 1.16 bits per heavy atom. The summed E-state index contributed by atoms with van der Waals surface area (Å²) >= 11 is 0. The first-order valence-electron chi connectivity index (χ1n) is 12.6. The molecule has 1 amide bonds. The van der Waals surface area contributed by atoms with Gasteiger partial charge in [-0.1, -0.05) is 31.1 Å². The molecule has 38 heavy (non-hydrogen) atoms. The predicted octanol–water partition coefficient (Wildman–Crippen LogP) is 3.71. The molecule has 5 heterocycles. The molecule has 1 aliphatic heterocycles. The summed E-state index contributed by atoms with van der Waals surface area (Å²) in [5.41, 5.74) is 4.17. The van der Waals surface area contributed by atoms with Crippen molar-refractivity contribution in [2.45, 2.75) is 45.6 Å². The smallest absolute Gasteiger partial charge is 0.258 e. The van der Waals surface area contributed by atoms with Crippen molar-refractivity contribution in [3.05, 3.63) is 60.0 Å². The van der Waals surface area contributed by atoms with Crippen molar-refractivity contribution in [1.82, 2.24) is 35.0 Å². The first-order valence-corrected chi connectivity index (χ1v) is 12.6. The zero-order valence-electron chi connectivity index (χ0n) is 22.6. The quantitative estimate of drug-likeness (QED) is 0.410. The number of amides is 1. The molecule has 4 aromatic heterocycles. The SMILES string of the molecule is Cc1ncc(C(=O)Nc2cc(C(C)(C)C)on2)cc1-n1cc(-c2cncc(N3CC[C@@H](N(C)C)C3)c2)nn1. The molecule has 0 bridgehead atoms. The van der Waals surface area contributed by atoms with Gasteiger partial charge in [-0.25, -0.2) is 4.68 Å². The maximum absolute atomic E-state index is 12.9. The highest BCUT2D eigenvalue weighted by atomic mass is 16.5. The van der Waals surface area contributed by atoms with Crippen LogP contribution in [0.25, 0.3) is 16.9 Å². The molecule has 11 nitrogen and oxygen atoms in total. The molecule has 1 atom stereocenters. The lowest BCUT2D eigenvalue weighted by molar-refractivity contribution is 0.102. The van der Waals surface area contributed by atoms with Gasteiger partial charge in [0.1, 0.15) is 11.5 Å². The zero-order valence-corrected chi connectivity index (χ0v) is 22.6. The maximum atomic E-state index is 12.9. The van der Waals surface area contributed by atoms with E-state index in [4.69, 9.17) is 4.52 Å². The summed E-state index contributed by atoms with van der Waals surface area (Å²) in [4.78, 5) is 26.4. The molecule has 0 aromatic carbocycles. The van der Waals surface area contributed by atoms with Gasteiger partial charge in [0.15, 0.2) is 5.82 Å². The Balaban J connectivity index is 1.35. The molecular weight excluding hydrogens is 482 g/mol. The number of nitrogens with zero attached hydrogens (tertiary/aromatic N) is 8. The van der Waals surface area contributed by atoms with Gasteiger partial charge in [0, 0.05) is 48.6 Å². The van der Waals surface area contributed by atoms with E-state index < -0.39 is 0 Å². The van der Waals surface area contributed by atoms with Crippen molar-refractivity contribution in [2.75, 3.05) is 37.4 Å². The third-order valence-electron chi connectivity index (χ3n) is 6.83. The van der Waals surface area contributed by atoms with E-state index in [9.17, 15) is 4.79 Å². The van der Waals surface area contributed by atoms with E-state index >= 15 is 0 Å². The Morgan fingerprint density at radius 2 is 1.97 bits per heavy atom. The van der Waals surface area contributed by atoms with Crippen LogP contribution < -0.4 is 10.2 Å². The first kappa shape index (κ1) is 25.5. The van der Waals surface area contributed by atoms with Crippen LogP contribution in [-0.2, 0) is 5.41 Å². The van der Waals surface area contributed by atoms with Crippen molar-refractivity contribution in [3.63, 3.8) is 0 Å². The van der Waals surface area contributed by atoms with E-state index in [1.54, 1.807) is 23.0 Å². The molecule has 1 aliphatic rings. The summed E-state index contributed by atoms with van der Waals surface area (Å²) in [6, 6.07) is 6.10. The standard InChI is InChI=1S/C27H33N9O2/c1-17-23(10-19(13-29-17)26(37)30-25-11-24(38-32-25)27(2,3)4)36-16-22(31-33-36)18-9-21(14-28-12-18)35-8-7-20(15-35)34(5)6/h9-14,16,20H,7-8,15H2,1-6H3,(H,30,32,37)/t20-/m1/s1. The van der Waals surface area contributed by atoms with Crippen LogP contribution in [0.2, 0.25) is 0 Å². The zero-order chi connectivity index (χ0) is 27.0. The van der Waals surface area contributed by atoms with Crippen molar-refractivity contribution in [2.24, 2.45) is 0 Å². The second kappa shape index (κ2) is 9.97. The van der Waals surface area contributed by atoms with Gasteiger partial charge in [-0.15, -0.1) is 5.10 Å². The van der Waals surface area contributed by atoms with E-state index in [1.165, 1.54) is 6.20 Å². The third kappa shape index (κ3) is 5.28. The van der Waals surface area contributed by atoms with Gasteiger partial charge in [-0.05, 0) is 39.6 Å². The van der Waals surface area contributed by atoms with Crippen molar-refractivity contribution in [3.8, 4) is 16.9 Å². The summed E-state index contributed by atoms with van der Waals surface area (Å²) in [7, 11) is 4.24. The Bertz CT molecular complexity index is 1450. The van der Waals surface area contributed by atoms with Crippen LogP contribution in [0.1, 0.15) is 49.0 Å². The summed E-state index contributed by atoms with van der Waals surface area (Å²) in [5.74, 6) is 0.699. The molecule has 11 heteroatoms. The van der Waals surface area contributed by atoms with Gasteiger partial charge in [0.05, 0.1) is 35.0 Å². The Kier molecular flexibility index (Phi) is 6.70. The molecule has 0 saturated carbocycles. The lowest BCUT2D eigenvalue weighted by Crippen LogP contribution is -2.31. The number of likely N-dealkylation sites (N-methyl/N-ethyl adjacent to an activating group) is 1. The van der Waals surface area contributed by atoms with E-state index in [0.717, 1.165) is 30.8 Å². The molecule has 0 spiro atoms. The lowest BCUT2D eigenvalue weighted by Gasteiger charge is -2.21. The number of aryl methyl sites for hydroxylation is 1. The van der Waals surface area contributed by atoms with Gasteiger partial charge in [0.2, 0.25) is 0 Å². The van der Waals surface area contributed by atoms with Gasteiger partial charge >= 0.3 is 0 Å². The molecule has 5 rings (SSSR count). The van der Waals surface area contributed by atoms with Crippen molar-refractivity contribution >= 4 is 17.4 Å². The Hall–Kier alpha value is -4.12. The second-order valence-corrected chi connectivity index (χ2v) is 10.9. The van der Waals surface area contributed by atoms with Crippen LogP contribution in [0.5, 0.6) is 0 Å². The summed E-state index contributed by atoms with van der Waals surface area (Å²) in [6.45, 7) is 9.87. The van der Waals surface area contributed by atoms with Crippen molar-refractivity contribution in [1.29, 1.82) is 0 Å². The van der Waals surface area contributed by atoms with E-state index in [-0.39, 0.29) is 11.3 Å². The fraction of sp³-hybridized carbons (Fsp3) is 0.407. The Morgan fingerprint density at radius 3 is 2.68 bits per heavy atom. The minimum atomic E-state index is -0.341. The molecule has 198 valence electrons. The monoisotopic (exact) mass is 515 g/mol. The number of hydrogen-bond donors (Lipinski definition) is 1. The predicted molar refractivity (Wildman–Crippen MR) is 145 cm³/mol. The fourth-order valence-electron chi connectivity index (χ4n) is 4.41. The van der Waals surface area contributed by atoms with Gasteiger partial charge < -0.3 is 19.6 Å². The van der Waals surface area contributed by atoms with Gasteiger partial charge in [-0.3, -0.25) is 14.8 Å². The largest absolute Gasteiger partial charge is 0.369 e. The first-order chi connectivity index (χ1) is 18.1. The van der Waals surface area contributed by atoms with Crippen LogP contribution in [0.4, 0.5) is 11.5 Å². The highest BCUT2D eigenvalue weighted by Gasteiger charge is 2.25. The molecule has 0 radical (unpaired) electrons. The molecule has 0 unspecified atom stereocenters.